The molecule has 3 heterocycles. The van der Waals surface area contributed by atoms with Crippen molar-refractivity contribution in [2.75, 3.05) is 13.6 Å². The first kappa shape index (κ1) is 12.6. The Bertz CT molecular complexity index is 560. The van der Waals surface area contributed by atoms with Crippen molar-refractivity contribution in [3.05, 3.63) is 24.2 Å². The van der Waals surface area contributed by atoms with Crippen molar-refractivity contribution < 1.29 is 0 Å². The van der Waals surface area contributed by atoms with Crippen molar-refractivity contribution in [1.29, 1.82) is 0 Å². The van der Waals surface area contributed by atoms with Gasteiger partial charge in [0.05, 0.1) is 6.17 Å². The number of pyridine rings is 1. The summed E-state index contributed by atoms with van der Waals surface area (Å²) in [5.41, 5.74) is 2.08. The lowest BCUT2D eigenvalue weighted by Gasteiger charge is -2.34. The topological polar surface area (TPSA) is 34.0 Å². The highest BCUT2D eigenvalue weighted by Gasteiger charge is 2.25. The van der Waals surface area contributed by atoms with Gasteiger partial charge < -0.3 is 0 Å². The Morgan fingerprint density at radius 3 is 3.05 bits per heavy atom. The Morgan fingerprint density at radius 2 is 2.26 bits per heavy atom. The van der Waals surface area contributed by atoms with Gasteiger partial charge in [0.2, 0.25) is 0 Å². The molecule has 0 spiro atoms. The molecule has 1 aliphatic heterocycles. The second kappa shape index (κ2) is 5.29. The first-order valence-corrected chi connectivity index (χ1v) is 7.33. The third-order valence-corrected chi connectivity index (χ3v) is 4.03. The van der Waals surface area contributed by atoms with Crippen LogP contribution in [-0.2, 0) is 6.42 Å². The molecule has 2 aromatic rings. The molecular formula is C15H22N4. The van der Waals surface area contributed by atoms with Crippen LogP contribution < -0.4 is 0 Å². The molecule has 0 saturated carbocycles. The van der Waals surface area contributed by atoms with Crippen molar-refractivity contribution >= 4 is 11.2 Å². The summed E-state index contributed by atoms with van der Waals surface area (Å²) in [5, 5.41) is 0. The third-order valence-electron chi connectivity index (χ3n) is 4.03. The van der Waals surface area contributed by atoms with Crippen LogP contribution in [0.3, 0.4) is 0 Å². The maximum atomic E-state index is 4.79. The maximum absolute atomic E-state index is 4.79. The molecule has 19 heavy (non-hydrogen) atoms. The molecule has 1 unspecified atom stereocenters. The first-order valence-electron chi connectivity index (χ1n) is 7.33. The number of rotatable bonds is 3. The molecule has 4 nitrogen and oxygen atoms in total. The zero-order valence-corrected chi connectivity index (χ0v) is 11.8. The molecule has 0 bridgehead atoms. The van der Waals surface area contributed by atoms with Gasteiger partial charge in [0.25, 0.3) is 0 Å². The van der Waals surface area contributed by atoms with Crippen molar-refractivity contribution in [3.63, 3.8) is 0 Å². The van der Waals surface area contributed by atoms with Gasteiger partial charge in [-0.25, -0.2) is 9.97 Å². The highest BCUT2D eigenvalue weighted by atomic mass is 15.3. The smallest absolute Gasteiger partial charge is 0.161 e. The van der Waals surface area contributed by atoms with Crippen molar-refractivity contribution in [1.82, 2.24) is 19.4 Å². The van der Waals surface area contributed by atoms with Crippen LogP contribution in [-0.4, -0.2) is 33.0 Å². The average molecular weight is 258 g/mol. The molecule has 3 rings (SSSR count). The monoisotopic (exact) mass is 258 g/mol. The van der Waals surface area contributed by atoms with Crippen molar-refractivity contribution in [2.24, 2.45) is 0 Å². The van der Waals surface area contributed by atoms with Gasteiger partial charge >= 0.3 is 0 Å². The lowest BCUT2D eigenvalue weighted by Crippen LogP contribution is -2.34. The number of aromatic nitrogens is 3. The predicted octanol–water partition coefficient (Wildman–Crippen LogP) is 3.00. The molecule has 0 N–H and O–H groups in total. The zero-order chi connectivity index (χ0) is 13.2. The number of piperidine rings is 1. The molecule has 1 saturated heterocycles. The largest absolute Gasteiger partial charge is 0.296 e. The molecule has 2 aromatic heterocycles. The van der Waals surface area contributed by atoms with E-state index in [1.54, 1.807) is 0 Å². The molecular weight excluding hydrogens is 236 g/mol. The summed E-state index contributed by atoms with van der Waals surface area (Å²) in [7, 11) is 2.22. The van der Waals surface area contributed by atoms with Crippen LogP contribution in [0.4, 0.5) is 0 Å². The van der Waals surface area contributed by atoms with Crippen LogP contribution in [0.1, 0.15) is 44.6 Å². The van der Waals surface area contributed by atoms with Gasteiger partial charge in [-0.05, 0) is 51.4 Å². The molecule has 0 aromatic carbocycles. The summed E-state index contributed by atoms with van der Waals surface area (Å²) in [6, 6.07) is 4.04. The Hall–Kier alpha value is -1.42. The average Bonchev–Trinajstić information content (AvgIpc) is 2.78. The fraction of sp³-hybridized carbons (Fsp3) is 0.600. The summed E-state index contributed by atoms with van der Waals surface area (Å²) in [4.78, 5) is 11.8. The van der Waals surface area contributed by atoms with Gasteiger partial charge in [0.15, 0.2) is 5.65 Å². The Kier molecular flexibility index (Phi) is 3.51. The SMILES string of the molecule is CCCc1nc2cccnc2n1C1CCCCN1C. The second-order valence-electron chi connectivity index (χ2n) is 5.45. The number of hydrogen-bond acceptors (Lipinski definition) is 3. The van der Waals surface area contributed by atoms with Crippen LogP contribution in [0, 0.1) is 0 Å². The molecule has 1 fully saturated rings. The maximum Gasteiger partial charge on any atom is 0.161 e. The van der Waals surface area contributed by atoms with Crippen LogP contribution in [0.2, 0.25) is 0 Å². The van der Waals surface area contributed by atoms with Gasteiger partial charge in [0, 0.05) is 12.6 Å². The minimum atomic E-state index is 0.426. The molecule has 1 atom stereocenters. The fourth-order valence-electron chi connectivity index (χ4n) is 3.07. The molecule has 0 amide bonds. The van der Waals surface area contributed by atoms with E-state index in [0.717, 1.165) is 24.0 Å². The highest BCUT2D eigenvalue weighted by molar-refractivity contribution is 5.71. The molecule has 0 radical (unpaired) electrons. The van der Waals surface area contributed by atoms with Gasteiger partial charge in [-0.15, -0.1) is 0 Å². The van der Waals surface area contributed by atoms with Crippen LogP contribution in [0.15, 0.2) is 18.3 Å². The Morgan fingerprint density at radius 1 is 1.37 bits per heavy atom. The summed E-state index contributed by atoms with van der Waals surface area (Å²) >= 11 is 0. The van der Waals surface area contributed by atoms with Crippen molar-refractivity contribution in [2.45, 2.75) is 45.2 Å². The summed E-state index contributed by atoms with van der Waals surface area (Å²) in [5.74, 6) is 1.19. The minimum absolute atomic E-state index is 0.426. The number of aryl methyl sites for hydroxylation is 1. The summed E-state index contributed by atoms with van der Waals surface area (Å²) in [6.45, 7) is 3.38. The van der Waals surface area contributed by atoms with E-state index < -0.39 is 0 Å². The molecule has 102 valence electrons. The lowest BCUT2D eigenvalue weighted by molar-refractivity contribution is 0.127. The van der Waals surface area contributed by atoms with Gasteiger partial charge in [-0.1, -0.05) is 6.92 Å². The number of likely N-dealkylation sites (tertiary alicyclic amines) is 1. The van der Waals surface area contributed by atoms with Crippen LogP contribution >= 0.6 is 0 Å². The quantitative estimate of drug-likeness (QED) is 0.848. The lowest BCUT2D eigenvalue weighted by atomic mass is 10.1. The summed E-state index contributed by atoms with van der Waals surface area (Å²) in [6.07, 6.45) is 8.26. The second-order valence-corrected chi connectivity index (χ2v) is 5.45. The normalized spacial score (nSPS) is 21.1. The van der Waals surface area contributed by atoms with E-state index in [2.05, 4.69) is 34.5 Å². The standard InChI is InChI=1S/C15H22N4/c1-3-7-13-17-12-8-6-10-16-15(12)19(13)14-9-4-5-11-18(14)2/h6,8,10,14H,3-5,7,9,11H2,1-2H3. The minimum Gasteiger partial charge on any atom is -0.296 e. The Labute approximate surface area is 114 Å². The molecule has 1 aliphatic rings. The van der Waals surface area contributed by atoms with E-state index in [-0.39, 0.29) is 0 Å². The highest BCUT2D eigenvalue weighted by Crippen LogP contribution is 2.29. The van der Waals surface area contributed by atoms with E-state index in [9.17, 15) is 0 Å². The van der Waals surface area contributed by atoms with Crippen LogP contribution in [0.25, 0.3) is 11.2 Å². The molecule has 0 aliphatic carbocycles. The van der Waals surface area contributed by atoms with Gasteiger partial charge in [0.1, 0.15) is 11.3 Å². The van der Waals surface area contributed by atoms with Gasteiger partial charge in [-0.3, -0.25) is 9.47 Å². The zero-order valence-electron chi connectivity index (χ0n) is 11.8. The number of imidazole rings is 1. The molecule has 4 heteroatoms. The number of nitrogens with zero attached hydrogens (tertiary/aromatic N) is 4. The Balaban J connectivity index is 2.10. The fourth-order valence-corrected chi connectivity index (χ4v) is 3.07. The number of hydrogen-bond donors (Lipinski definition) is 0. The van der Waals surface area contributed by atoms with Crippen molar-refractivity contribution in [3.8, 4) is 0 Å². The van der Waals surface area contributed by atoms with Crippen LogP contribution in [0.5, 0.6) is 0 Å². The number of fused-ring (bicyclic) bond motifs is 1. The summed E-state index contributed by atoms with van der Waals surface area (Å²) < 4.78 is 2.37. The predicted molar refractivity (Wildman–Crippen MR) is 77.0 cm³/mol. The van der Waals surface area contributed by atoms with E-state index in [4.69, 9.17) is 4.98 Å². The first-order chi connectivity index (χ1) is 9.31. The van der Waals surface area contributed by atoms with E-state index >= 15 is 0 Å². The van der Waals surface area contributed by atoms with Gasteiger partial charge in [-0.2, -0.15) is 0 Å². The third kappa shape index (κ3) is 2.25. The van der Waals surface area contributed by atoms with E-state index in [0.29, 0.717) is 6.17 Å². The van der Waals surface area contributed by atoms with E-state index in [1.165, 1.54) is 31.6 Å². The van der Waals surface area contributed by atoms with E-state index in [1.807, 2.05) is 12.3 Å².